The number of azo groups is 1. The first-order valence-corrected chi connectivity index (χ1v) is 8.91. The topological polar surface area (TPSA) is 129 Å². The van der Waals surface area contributed by atoms with Crippen molar-refractivity contribution in [2.75, 3.05) is 26.2 Å². The number of hydrogen-bond acceptors (Lipinski definition) is 6. The third kappa shape index (κ3) is 6.88. The summed E-state index contributed by atoms with van der Waals surface area (Å²) >= 11 is 5.85. The second-order valence-electron chi connectivity index (χ2n) is 5.58. The normalized spacial score (nSPS) is 10.5. The number of ether oxygens (including phenoxy) is 1. The standard InChI is InChI=1S/C18H20ClN7O2/c19-26(12-10-20)18(27)14-2-4-15(5-3-14)23-24-16-6-8-17(9-7-16)28-13-1-11-22-25-21/h2-9H,1,10-13,20H2. The van der Waals surface area contributed by atoms with E-state index in [-0.39, 0.29) is 12.5 Å². The molecule has 2 rings (SSSR count). The van der Waals surface area contributed by atoms with Gasteiger partial charge < -0.3 is 10.5 Å². The maximum absolute atomic E-state index is 12.0. The van der Waals surface area contributed by atoms with Crippen LogP contribution in [-0.2, 0) is 0 Å². The number of nitrogens with zero attached hydrogens (tertiary/aromatic N) is 6. The van der Waals surface area contributed by atoms with Crippen LogP contribution in [0.2, 0.25) is 0 Å². The van der Waals surface area contributed by atoms with E-state index in [0.29, 0.717) is 48.8 Å². The van der Waals surface area contributed by atoms with E-state index in [1.54, 1.807) is 48.5 Å². The van der Waals surface area contributed by atoms with Crippen molar-refractivity contribution in [1.29, 1.82) is 0 Å². The Balaban J connectivity index is 1.89. The molecule has 146 valence electrons. The summed E-state index contributed by atoms with van der Waals surface area (Å²) in [5.41, 5.74) is 15.3. The zero-order valence-electron chi connectivity index (χ0n) is 15.1. The van der Waals surface area contributed by atoms with Gasteiger partial charge in [-0.1, -0.05) is 5.11 Å². The molecule has 0 aliphatic carbocycles. The largest absolute Gasteiger partial charge is 0.494 e. The monoisotopic (exact) mass is 401 g/mol. The van der Waals surface area contributed by atoms with Crippen LogP contribution in [0.1, 0.15) is 16.8 Å². The van der Waals surface area contributed by atoms with Gasteiger partial charge in [-0.05, 0) is 60.5 Å². The molecule has 0 saturated heterocycles. The molecule has 10 heteroatoms. The van der Waals surface area contributed by atoms with Crippen molar-refractivity contribution in [2.45, 2.75) is 6.42 Å². The summed E-state index contributed by atoms with van der Waals surface area (Å²) in [5, 5.41) is 11.7. The molecule has 0 aliphatic rings. The van der Waals surface area contributed by atoms with E-state index in [0.717, 1.165) is 4.42 Å². The Bertz CT molecular complexity index is 834. The number of benzene rings is 2. The number of hydrogen-bond donors (Lipinski definition) is 1. The first-order valence-electron chi connectivity index (χ1n) is 8.57. The second-order valence-corrected chi connectivity index (χ2v) is 5.98. The Labute approximate surface area is 167 Å². The van der Waals surface area contributed by atoms with Crippen LogP contribution in [0.5, 0.6) is 5.75 Å². The Morgan fingerprint density at radius 2 is 1.71 bits per heavy atom. The van der Waals surface area contributed by atoms with Crippen molar-refractivity contribution in [3.8, 4) is 5.75 Å². The molecule has 9 nitrogen and oxygen atoms in total. The molecule has 0 spiro atoms. The van der Waals surface area contributed by atoms with Crippen LogP contribution in [-0.4, -0.2) is 36.6 Å². The van der Waals surface area contributed by atoms with Gasteiger partial charge in [-0.25, -0.2) is 4.42 Å². The first-order chi connectivity index (χ1) is 13.6. The fourth-order valence-electron chi connectivity index (χ4n) is 2.12. The van der Waals surface area contributed by atoms with E-state index in [1.165, 1.54) is 0 Å². The number of rotatable bonds is 10. The lowest BCUT2D eigenvalue weighted by Crippen LogP contribution is -2.27. The summed E-state index contributed by atoms with van der Waals surface area (Å²) in [5.74, 6) is 0.386. The van der Waals surface area contributed by atoms with Gasteiger partial charge in [-0.2, -0.15) is 10.2 Å². The van der Waals surface area contributed by atoms with E-state index >= 15 is 0 Å². The molecule has 0 heterocycles. The number of amides is 1. The van der Waals surface area contributed by atoms with E-state index in [1.807, 2.05) is 0 Å². The van der Waals surface area contributed by atoms with Gasteiger partial charge in [-0.3, -0.25) is 4.79 Å². The lowest BCUT2D eigenvalue weighted by Gasteiger charge is -2.12. The smallest absolute Gasteiger partial charge is 0.268 e. The lowest BCUT2D eigenvalue weighted by molar-refractivity contribution is 0.0866. The second kappa shape index (κ2) is 11.6. The van der Waals surface area contributed by atoms with Gasteiger partial charge in [0.2, 0.25) is 0 Å². The van der Waals surface area contributed by atoms with Gasteiger partial charge in [0.25, 0.3) is 5.91 Å². The summed E-state index contributed by atoms with van der Waals surface area (Å²) in [6.45, 7) is 1.44. The van der Waals surface area contributed by atoms with Crippen molar-refractivity contribution in [3.63, 3.8) is 0 Å². The lowest BCUT2D eigenvalue weighted by atomic mass is 10.2. The van der Waals surface area contributed by atoms with Crippen LogP contribution >= 0.6 is 11.8 Å². The van der Waals surface area contributed by atoms with Gasteiger partial charge in [-0.15, -0.1) is 0 Å². The zero-order valence-corrected chi connectivity index (χ0v) is 15.9. The van der Waals surface area contributed by atoms with E-state index in [2.05, 4.69) is 20.3 Å². The molecule has 2 N–H and O–H groups in total. The number of nitrogens with two attached hydrogens (primary N) is 1. The minimum atomic E-state index is -0.314. The molecule has 1 amide bonds. The van der Waals surface area contributed by atoms with Crippen molar-refractivity contribution in [1.82, 2.24) is 4.42 Å². The fourth-order valence-corrected chi connectivity index (χ4v) is 2.32. The molecule has 0 atom stereocenters. The van der Waals surface area contributed by atoms with Crippen molar-refractivity contribution in [2.24, 2.45) is 21.1 Å². The summed E-state index contributed by atoms with van der Waals surface area (Å²) < 4.78 is 6.58. The van der Waals surface area contributed by atoms with Gasteiger partial charge in [0, 0.05) is 35.3 Å². The van der Waals surface area contributed by atoms with Crippen molar-refractivity contribution in [3.05, 3.63) is 64.5 Å². The van der Waals surface area contributed by atoms with Crippen LogP contribution in [0.15, 0.2) is 63.9 Å². The zero-order chi connectivity index (χ0) is 20.2. The molecule has 0 bridgehead atoms. The summed E-state index contributed by atoms with van der Waals surface area (Å²) in [6, 6.07) is 13.8. The summed E-state index contributed by atoms with van der Waals surface area (Å²) in [4.78, 5) is 14.7. The van der Waals surface area contributed by atoms with Gasteiger partial charge >= 0.3 is 0 Å². The molecule has 0 unspecified atom stereocenters. The van der Waals surface area contributed by atoms with Crippen LogP contribution in [0.4, 0.5) is 11.4 Å². The van der Waals surface area contributed by atoms with Crippen LogP contribution < -0.4 is 10.5 Å². The average Bonchev–Trinajstić information content (AvgIpc) is 2.73. The Morgan fingerprint density at radius 3 is 2.29 bits per heavy atom. The molecule has 28 heavy (non-hydrogen) atoms. The molecule has 0 fully saturated rings. The predicted octanol–water partition coefficient (Wildman–Crippen LogP) is 4.74. The quantitative estimate of drug-likeness (QED) is 0.203. The minimum absolute atomic E-state index is 0.273. The van der Waals surface area contributed by atoms with Gasteiger partial charge in [0.15, 0.2) is 0 Å². The number of carbonyl (C=O) groups is 1. The van der Waals surface area contributed by atoms with E-state index in [4.69, 9.17) is 27.8 Å². The fraction of sp³-hybridized carbons (Fsp3) is 0.278. The van der Waals surface area contributed by atoms with Crippen molar-refractivity contribution >= 4 is 29.1 Å². The van der Waals surface area contributed by atoms with Crippen molar-refractivity contribution < 1.29 is 9.53 Å². The Hall–Kier alpha value is -3.13. The van der Waals surface area contributed by atoms with E-state index in [9.17, 15) is 4.79 Å². The molecule has 0 aliphatic heterocycles. The maximum Gasteiger partial charge on any atom is 0.268 e. The Kier molecular flexibility index (Phi) is 8.74. The molecule has 2 aromatic rings. The third-order valence-corrected chi connectivity index (χ3v) is 3.83. The van der Waals surface area contributed by atoms with Gasteiger partial charge in [0.05, 0.1) is 24.5 Å². The first kappa shape index (κ1) is 21.2. The highest BCUT2D eigenvalue weighted by Gasteiger charge is 2.12. The van der Waals surface area contributed by atoms with Crippen LogP contribution in [0.25, 0.3) is 10.4 Å². The highest BCUT2D eigenvalue weighted by Crippen LogP contribution is 2.22. The van der Waals surface area contributed by atoms with Crippen LogP contribution in [0, 0.1) is 0 Å². The number of carbonyl (C=O) groups excluding carboxylic acids is 1. The SMILES string of the molecule is [N-]=[N+]=NCCCOc1ccc(N=Nc2ccc(C(=O)N(Cl)CCN)cc2)cc1. The highest BCUT2D eigenvalue weighted by molar-refractivity contribution is 6.24. The maximum atomic E-state index is 12.0. The molecular formula is C18H20ClN7O2. The van der Waals surface area contributed by atoms with Crippen LogP contribution in [0.3, 0.4) is 0 Å². The average molecular weight is 402 g/mol. The minimum Gasteiger partial charge on any atom is -0.494 e. The number of azide groups is 1. The summed E-state index contributed by atoms with van der Waals surface area (Å²) in [7, 11) is 0. The van der Waals surface area contributed by atoms with Gasteiger partial charge in [0.1, 0.15) is 5.75 Å². The third-order valence-electron chi connectivity index (χ3n) is 3.51. The Morgan fingerprint density at radius 1 is 1.11 bits per heavy atom. The predicted molar refractivity (Wildman–Crippen MR) is 107 cm³/mol. The summed E-state index contributed by atoms with van der Waals surface area (Å²) in [6.07, 6.45) is 0.651. The molecular weight excluding hydrogens is 382 g/mol. The molecule has 0 saturated carbocycles. The molecule has 0 radical (unpaired) electrons. The molecule has 0 aromatic heterocycles. The number of halogens is 1. The molecule has 2 aromatic carbocycles. The van der Waals surface area contributed by atoms with E-state index < -0.39 is 0 Å². The highest BCUT2D eigenvalue weighted by atomic mass is 35.5.